The predicted molar refractivity (Wildman–Crippen MR) is 86.0 cm³/mol. The number of hydrogen-bond donors (Lipinski definition) is 2. The van der Waals surface area contributed by atoms with E-state index in [0.717, 1.165) is 38.5 Å². The Morgan fingerprint density at radius 1 is 1.29 bits per heavy atom. The van der Waals surface area contributed by atoms with Crippen LogP contribution in [0.15, 0.2) is 30.3 Å². The van der Waals surface area contributed by atoms with Gasteiger partial charge in [-0.3, -0.25) is 4.79 Å². The molecule has 0 atom stereocenters. The summed E-state index contributed by atoms with van der Waals surface area (Å²) in [6.45, 7) is 4.15. The van der Waals surface area contributed by atoms with Gasteiger partial charge in [0, 0.05) is 13.1 Å². The molecule has 0 saturated heterocycles. The number of nitrogens with one attached hydrogen (secondary N) is 2. The molecule has 1 aliphatic rings. The van der Waals surface area contributed by atoms with Gasteiger partial charge in [0.2, 0.25) is 5.91 Å². The van der Waals surface area contributed by atoms with Crippen molar-refractivity contribution in [2.75, 3.05) is 33.2 Å². The van der Waals surface area contributed by atoms with Gasteiger partial charge in [-0.1, -0.05) is 30.3 Å². The van der Waals surface area contributed by atoms with Gasteiger partial charge in [-0.25, -0.2) is 0 Å². The number of amides is 1. The van der Waals surface area contributed by atoms with Crippen molar-refractivity contribution in [1.82, 2.24) is 15.5 Å². The molecule has 0 unspecified atom stereocenters. The fourth-order valence-corrected chi connectivity index (χ4v) is 2.33. The highest BCUT2D eigenvalue weighted by Crippen LogP contribution is 2.27. The molecule has 1 saturated carbocycles. The van der Waals surface area contributed by atoms with Crippen LogP contribution in [0.5, 0.6) is 0 Å². The standard InChI is InChI=1S/C17H27N3O/c1-20(14-16-6-3-2-4-7-16)11-5-10-19-17(21)13-18-12-15-8-9-15/h2-4,6-7,15,18H,5,8-14H2,1H3,(H,19,21). The van der Waals surface area contributed by atoms with Gasteiger partial charge >= 0.3 is 0 Å². The normalized spacial score (nSPS) is 14.4. The lowest BCUT2D eigenvalue weighted by molar-refractivity contribution is -0.120. The maximum atomic E-state index is 11.6. The molecule has 2 N–H and O–H groups in total. The second-order valence-corrected chi connectivity index (χ2v) is 6.00. The highest BCUT2D eigenvalue weighted by molar-refractivity contribution is 5.77. The molecule has 1 aromatic carbocycles. The fourth-order valence-electron chi connectivity index (χ4n) is 2.33. The zero-order valence-electron chi connectivity index (χ0n) is 13.0. The van der Waals surface area contributed by atoms with E-state index in [4.69, 9.17) is 0 Å². The summed E-state index contributed by atoms with van der Waals surface area (Å²) >= 11 is 0. The third-order valence-electron chi connectivity index (χ3n) is 3.75. The van der Waals surface area contributed by atoms with Crippen molar-refractivity contribution in [3.8, 4) is 0 Å². The highest BCUT2D eigenvalue weighted by Gasteiger charge is 2.20. The Hall–Kier alpha value is -1.39. The molecule has 0 spiro atoms. The van der Waals surface area contributed by atoms with Crippen LogP contribution in [0.4, 0.5) is 0 Å². The van der Waals surface area contributed by atoms with Gasteiger partial charge in [0.25, 0.3) is 0 Å². The summed E-state index contributed by atoms with van der Waals surface area (Å²) in [5, 5.41) is 6.17. The maximum Gasteiger partial charge on any atom is 0.233 e. The van der Waals surface area contributed by atoms with Gasteiger partial charge in [-0.05, 0) is 50.9 Å². The van der Waals surface area contributed by atoms with Crippen molar-refractivity contribution in [3.05, 3.63) is 35.9 Å². The Labute approximate surface area is 127 Å². The Kier molecular flexibility index (Phi) is 6.70. The summed E-state index contributed by atoms with van der Waals surface area (Å²) in [6, 6.07) is 10.5. The molecule has 0 aromatic heterocycles. The van der Waals surface area contributed by atoms with E-state index in [1.54, 1.807) is 0 Å². The van der Waals surface area contributed by atoms with E-state index in [1.165, 1.54) is 18.4 Å². The minimum Gasteiger partial charge on any atom is -0.355 e. The molecule has 1 fully saturated rings. The molecule has 1 aromatic rings. The second kappa shape index (κ2) is 8.80. The van der Waals surface area contributed by atoms with Gasteiger partial charge in [-0.2, -0.15) is 0 Å². The zero-order valence-corrected chi connectivity index (χ0v) is 13.0. The third-order valence-corrected chi connectivity index (χ3v) is 3.75. The summed E-state index contributed by atoms with van der Waals surface area (Å²) in [7, 11) is 2.12. The van der Waals surface area contributed by atoms with Crippen LogP contribution < -0.4 is 10.6 Å². The number of rotatable bonds is 10. The van der Waals surface area contributed by atoms with Crippen LogP contribution in [0.3, 0.4) is 0 Å². The minimum absolute atomic E-state index is 0.112. The van der Waals surface area contributed by atoms with Gasteiger partial charge in [0.05, 0.1) is 6.54 Å². The van der Waals surface area contributed by atoms with Crippen molar-refractivity contribution in [2.24, 2.45) is 5.92 Å². The van der Waals surface area contributed by atoms with Gasteiger partial charge in [0.15, 0.2) is 0 Å². The highest BCUT2D eigenvalue weighted by atomic mass is 16.1. The lowest BCUT2D eigenvalue weighted by Gasteiger charge is -2.16. The van der Waals surface area contributed by atoms with Crippen LogP contribution in [-0.4, -0.2) is 44.0 Å². The number of benzene rings is 1. The smallest absolute Gasteiger partial charge is 0.233 e. The monoisotopic (exact) mass is 289 g/mol. The van der Waals surface area contributed by atoms with Gasteiger partial charge < -0.3 is 15.5 Å². The third kappa shape index (κ3) is 7.25. The predicted octanol–water partition coefficient (Wildman–Crippen LogP) is 1.62. The van der Waals surface area contributed by atoms with Crippen LogP contribution in [0, 0.1) is 5.92 Å². The van der Waals surface area contributed by atoms with Gasteiger partial charge in [-0.15, -0.1) is 0 Å². The first-order valence-electron chi connectivity index (χ1n) is 7.94. The van der Waals surface area contributed by atoms with Crippen LogP contribution in [-0.2, 0) is 11.3 Å². The van der Waals surface area contributed by atoms with Gasteiger partial charge in [0.1, 0.15) is 0 Å². The summed E-state index contributed by atoms with van der Waals surface area (Å²) in [4.78, 5) is 13.9. The summed E-state index contributed by atoms with van der Waals surface area (Å²) in [5.74, 6) is 0.936. The van der Waals surface area contributed by atoms with Crippen molar-refractivity contribution in [1.29, 1.82) is 0 Å². The molecule has 0 aliphatic heterocycles. The molecule has 2 rings (SSSR count). The SMILES string of the molecule is CN(CCCNC(=O)CNCC1CC1)Cc1ccccc1. The van der Waals surface area contributed by atoms with Crippen LogP contribution in [0.25, 0.3) is 0 Å². The quantitative estimate of drug-likeness (QED) is 0.643. The Balaban J connectivity index is 1.47. The molecule has 4 nitrogen and oxygen atoms in total. The van der Waals surface area contributed by atoms with Crippen molar-refractivity contribution in [2.45, 2.75) is 25.8 Å². The molecule has 21 heavy (non-hydrogen) atoms. The number of carbonyl (C=O) groups excluding carboxylic acids is 1. The second-order valence-electron chi connectivity index (χ2n) is 6.00. The topological polar surface area (TPSA) is 44.4 Å². The average Bonchev–Trinajstić information content (AvgIpc) is 3.29. The summed E-state index contributed by atoms with van der Waals surface area (Å²) in [5.41, 5.74) is 1.33. The number of hydrogen-bond acceptors (Lipinski definition) is 3. The van der Waals surface area contributed by atoms with Crippen LogP contribution in [0.2, 0.25) is 0 Å². The molecule has 116 valence electrons. The molecule has 1 aliphatic carbocycles. The molecule has 0 bridgehead atoms. The molecular formula is C17H27N3O. The largest absolute Gasteiger partial charge is 0.355 e. The lowest BCUT2D eigenvalue weighted by Crippen LogP contribution is -2.36. The fraction of sp³-hybridized carbons (Fsp3) is 0.588. The van der Waals surface area contributed by atoms with E-state index in [2.05, 4.69) is 46.8 Å². The van der Waals surface area contributed by atoms with Crippen LogP contribution in [0.1, 0.15) is 24.8 Å². The summed E-state index contributed by atoms with van der Waals surface area (Å²) < 4.78 is 0. The lowest BCUT2D eigenvalue weighted by atomic mass is 10.2. The molecular weight excluding hydrogens is 262 g/mol. The molecule has 4 heteroatoms. The minimum atomic E-state index is 0.112. The first-order valence-corrected chi connectivity index (χ1v) is 7.94. The first kappa shape index (κ1) is 16.0. The first-order chi connectivity index (χ1) is 10.2. The average molecular weight is 289 g/mol. The van der Waals surface area contributed by atoms with Crippen LogP contribution >= 0.6 is 0 Å². The van der Waals surface area contributed by atoms with E-state index in [9.17, 15) is 4.79 Å². The van der Waals surface area contributed by atoms with E-state index in [1.807, 2.05) is 6.07 Å². The van der Waals surface area contributed by atoms with E-state index in [-0.39, 0.29) is 5.91 Å². The van der Waals surface area contributed by atoms with Crippen molar-refractivity contribution in [3.63, 3.8) is 0 Å². The zero-order chi connectivity index (χ0) is 14.9. The van der Waals surface area contributed by atoms with E-state index in [0.29, 0.717) is 6.54 Å². The van der Waals surface area contributed by atoms with E-state index >= 15 is 0 Å². The molecule has 1 amide bonds. The van der Waals surface area contributed by atoms with E-state index < -0.39 is 0 Å². The number of carbonyl (C=O) groups is 1. The number of nitrogens with zero attached hydrogens (tertiary/aromatic N) is 1. The maximum absolute atomic E-state index is 11.6. The van der Waals surface area contributed by atoms with Crippen molar-refractivity contribution >= 4 is 5.91 Å². The Morgan fingerprint density at radius 2 is 2.05 bits per heavy atom. The Morgan fingerprint density at radius 3 is 2.76 bits per heavy atom. The van der Waals surface area contributed by atoms with Crippen molar-refractivity contribution < 1.29 is 4.79 Å². The summed E-state index contributed by atoms with van der Waals surface area (Å²) in [6.07, 6.45) is 3.63. The molecule has 0 radical (unpaired) electrons. The molecule has 0 heterocycles. The Bertz CT molecular complexity index is 417.